The predicted molar refractivity (Wildman–Crippen MR) is 125 cm³/mol. The number of furan rings is 1. The lowest BCUT2D eigenvalue weighted by molar-refractivity contribution is -0.121. The van der Waals surface area contributed by atoms with Gasteiger partial charge in [0.1, 0.15) is 18.1 Å². The standard InChI is InChI=1S/C22H16BrN7O3/c23-14-7-5-13(6-8-14)18-10-9-15(32-18)11-25-27-19(31)12-30-17-4-2-1-3-16(17)26-22(30)20-21(24)29-33-28-20/h1-11H,12H2,(H2,24,29)(H,27,31)/b25-11-. The van der Waals surface area contributed by atoms with Crippen molar-refractivity contribution in [1.29, 1.82) is 0 Å². The molecule has 0 aliphatic rings. The highest BCUT2D eigenvalue weighted by molar-refractivity contribution is 9.10. The van der Waals surface area contributed by atoms with E-state index in [2.05, 4.69) is 41.8 Å². The highest BCUT2D eigenvalue weighted by Gasteiger charge is 2.20. The molecular weight excluding hydrogens is 490 g/mol. The number of fused-ring (bicyclic) bond motifs is 1. The van der Waals surface area contributed by atoms with E-state index in [4.69, 9.17) is 14.8 Å². The normalized spacial score (nSPS) is 11.4. The van der Waals surface area contributed by atoms with E-state index in [1.54, 1.807) is 10.6 Å². The molecule has 0 saturated heterocycles. The van der Waals surface area contributed by atoms with Crippen LogP contribution in [0.15, 0.2) is 79.3 Å². The van der Waals surface area contributed by atoms with Gasteiger partial charge in [0.2, 0.25) is 0 Å². The van der Waals surface area contributed by atoms with Gasteiger partial charge in [0.15, 0.2) is 17.3 Å². The summed E-state index contributed by atoms with van der Waals surface area (Å²) >= 11 is 3.41. The third-order valence-electron chi connectivity index (χ3n) is 4.82. The molecule has 0 spiro atoms. The number of anilines is 1. The largest absolute Gasteiger partial charge is 0.455 e. The van der Waals surface area contributed by atoms with E-state index >= 15 is 0 Å². The van der Waals surface area contributed by atoms with Gasteiger partial charge in [0.05, 0.1) is 17.2 Å². The van der Waals surface area contributed by atoms with E-state index < -0.39 is 0 Å². The highest BCUT2D eigenvalue weighted by atomic mass is 79.9. The topological polar surface area (TPSA) is 137 Å². The van der Waals surface area contributed by atoms with E-state index in [0.29, 0.717) is 22.9 Å². The van der Waals surface area contributed by atoms with Gasteiger partial charge in [-0.3, -0.25) is 4.79 Å². The third-order valence-corrected chi connectivity index (χ3v) is 5.35. The zero-order chi connectivity index (χ0) is 22.8. The van der Waals surface area contributed by atoms with Gasteiger partial charge in [0.25, 0.3) is 5.91 Å². The summed E-state index contributed by atoms with van der Waals surface area (Å²) in [7, 11) is 0. The van der Waals surface area contributed by atoms with E-state index in [1.165, 1.54) is 6.21 Å². The maximum absolute atomic E-state index is 12.6. The molecule has 5 rings (SSSR count). The summed E-state index contributed by atoms with van der Waals surface area (Å²) in [5.41, 5.74) is 10.9. The molecule has 33 heavy (non-hydrogen) atoms. The number of nitrogens with two attached hydrogens (primary N) is 1. The lowest BCUT2D eigenvalue weighted by atomic mass is 10.2. The van der Waals surface area contributed by atoms with E-state index in [-0.39, 0.29) is 24.0 Å². The molecule has 10 nitrogen and oxygen atoms in total. The maximum Gasteiger partial charge on any atom is 0.260 e. The number of hydrazone groups is 1. The molecular formula is C22H16BrN7O3. The molecule has 0 aliphatic carbocycles. The van der Waals surface area contributed by atoms with Gasteiger partial charge in [-0.25, -0.2) is 15.0 Å². The number of aromatic nitrogens is 4. The molecule has 3 aromatic heterocycles. The summed E-state index contributed by atoms with van der Waals surface area (Å²) in [6.07, 6.45) is 1.44. The van der Waals surface area contributed by atoms with Crippen LogP contribution in [0.25, 0.3) is 33.9 Å². The average molecular weight is 506 g/mol. The van der Waals surface area contributed by atoms with Crippen molar-refractivity contribution in [3.05, 3.63) is 70.9 Å². The Kier molecular flexibility index (Phi) is 5.45. The van der Waals surface area contributed by atoms with Crippen LogP contribution in [0.1, 0.15) is 5.76 Å². The van der Waals surface area contributed by atoms with Crippen LogP contribution in [0.5, 0.6) is 0 Å². The molecule has 0 saturated carbocycles. The van der Waals surface area contributed by atoms with Crippen LogP contribution < -0.4 is 11.2 Å². The van der Waals surface area contributed by atoms with Gasteiger partial charge in [-0.15, -0.1) is 0 Å². The molecule has 2 aromatic carbocycles. The van der Waals surface area contributed by atoms with E-state index in [0.717, 1.165) is 15.6 Å². The Morgan fingerprint density at radius 2 is 1.94 bits per heavy atom. The van der Waals surface area contributed by atoms with Gasteiger partial charge in [-0.2, -0.15) is 5.10 Å². The fourth-order valence-electron chi connectivity index (χ4n) is 3.31. The molecule has 5 aromatic rings. The number of nitrogen functional groups attached to an aromatic ring is 1. The molecule has 0 fully saturated rings. The Hall–Kier alpha value is -4.25. The molecule has 0 radical (unpaired) electrons. The summed E-state index contributed by atoms with van der Waals surface area (Å²) in [6, 6.07) is 18.7. The van der Waals surface area contributed by atoms with E-state index in [1.807, 2.05) is 54.6 Å². The van der Waals surface area contributed by atoms with Crippen LogP contribution in [0.3, 0.4) is 0 Å². The number of hydrogen-bond acceptors (Lipinski definition) is 8. The Labute approximate surface area is 195 Å². The molecule has 0 unspecified atom stereocenters. The Morgan fingerprint density at radius 1 is 1.12 bits per heavy atom. The maximum atomic E-state index is 12.6. The summed E-state index contributed by atoms with van der Waals surface area (Å²) in [6.45, 7) is -0.0677. The number of nitrogens with zero attached hydrogens (tertiary/aromatic N) is 5. The molecule has 3 N–H and O–H groups in total. The molecule has 164 valence electrons. The predicted octanol–water partition coefficient (Wildman–Crippen LogP) is 3.84. The van der Waals surface area contributed by atoms with Crippen LogP contribution in [0.2, 0.25) is 0 Å². The van der Waals surface area contributed by atoms with Crippen molar-refractivity contribution in [1.82, 2.24) is 25.3 Å². The zero-order valence-electron chi connectivity index (χ0n) is 17.0. The van der Waals surface area contributed by atoms with Gasteiger partial charge >= 0.3 is 0 Å². The number of nitrogens with one attached hydrogen (secondary N) is 1. The van der Waals surface area contributed by atoms with Gasteiger partial charge in [0, 0.05) is 10.0 Å². The molecule has 1 amide bonds. The second-order valence-corrected chi connectivity index (χ2v) is 7.93. The monoisotopic (exact) mass is 505 g/mol. The lowest BCUT2D eigenvalue weighted by Gasteiger charge is -2.06. The van der Waals surface area contributed by atoms with Crippen LogP contribution in [0, 0.1) is 0 Å². The number of amides is 1. The highest BCUT2D eigenvalue weighted by Crippen LogP contribution is 2.26. The van der Waals surface area contributed by atoms with Crippen molar-refractivity contribution in [2.45, 2.75) is 6.54 Å². The Morgan fingerprint density at radius 3 is 2.73 bits per heavy atom. The van der Waals surface area contributed by atoms with Gasteiger partial charge in [-0.1, -0.05) is 40.2 Å². The molecule has 0 bridgehead atoms. The van der Waals surface area contributed by atoms with Crippen molar-refractivity contribution in [3.8, 4) is 22.8 Å². The summed E-state index contributed by atoms with van der Waals surface area (Å²) < 4.78 is 13.1. The van der Waals surface area contributed by atoms with Crippen molar-refractivity contribution >= 4 is 44.9 Å². The second kappa shape index (κ2) is 8.71. The summed E-state index contributed by atoms with van der Waals surface area (Å²) in [4.78, 5) is 17.1. The second-order valence-electron chi connectivity index (χ2n) is 7.01. The van der Waals surface area contributed by atoms with Crippen LogP contribution >= 0.6 is 15.9 Å². The first-order chi connectivity index (χ1) is 16.1. The first kappa shape index (κ1) is 20.6. The number of carbonyl (C=O) groups excluding carboxylic acids is 1. The summed E-state index contributed by atoms with van der Waals surface area (Å²) in [5.74, 6) is 1.29. The molecule has 0 atom stereocenters. The SMILES string of the molecule is Nc1nonc1-c1nc2ccccc2n1CC(=O)N/N=C\c1ccc(-c2ccc(Br)cc2)o1. The summed E-state index contributed by atoms with van der Waals surface area (Å²) in [5, 5.41) is 11.4. The quantitative estimate of drug-likeness (QED) is 0.264. The minimum atomic E-state index is -0.370. The first-order valence-corrected chi connectivity index (χ1v) is 10.6. The Bertz CT molecular complexity index is 1470. The number of halogens is 1. The fraction of sp³-hybridized carbons (Fsp3) is 0.0455. The smallest absolute Gasteiger partial charge is 0.260 e. The van der Waals surface area contributed by atoms with Gasteiger partial charge in [-0.05, 0) is 46.7 Å². The van der Waals surface area contributed by atoms with Crippen molar-refractivity contribution in [2.75, 3.05) is 5.73 Å². The number of benzene rings is 2. The number of carbonyl (C=O) groups is 1. The molecule has 11 heteroatoms. The average Bonchev–Trinajstić information content (AvgIpc) is 3.54. The first-order valence-electron chi connectivity index (χ1n) is 9.80. The number of para-hydroxylation sites is 2. The number of rotatable bonds is 6. The molecule has 3 heterocycles. The number of imidazole rings is 1. The molecule has 0 aliphatic heterocycles. The Balaban J connectivity index is 1.32. The number of hydrogen-bond donors (Lipinski definition) is 2. The van der Waals surface area contributed by atoms with Crippen molar-refractivity contribution in [3.63, 3.8) is 0 Å². The minimum absolute atomic E-state index is 0.0677. The van der Waals surface area contributed by atoms with Crippen LogP contribution in [-0.4, -0.2) is 32.0 Å². The van der Waals surface area contributed by atoms with Crippen molar-refractivity contribution < 1.29 is 13.8 Å². The van der Waals surface area contributed by atoms with Crippen LogP contribution in [-0.2, 0) is 11.3 Å². The fourth-order valence-corrected chi connectivity index (χ4v) is 3.57. The third kappa shape index (κ3) is 4.26. The minimum Gasteiger partial charge on any atom is -0.455 e. The van der Waals surface area contributed by atoms with E-state index in [9.17, 15) is 4.79 Å². The van der Waals surface area contributed by atoms with Crippen molar-refractivity contribution in [2.24, 2.45) is 5.10 Å². The van der Waals surface area contributed by atoms with Crippen LogP contribution in [0.4, 0.5) is 5.82 Å². The zero-order valence-corrected chi connectivity index (χ0v) is 18.6. The van der Waals surface area contributed by atoms with Gasteiger partial charge < -0.3 is 14.7 Å². The lowest BCUT2D eigenvalue weighted by Crippen LogP contribution is -2.23.